The molecule has 3 aromatic rings. The fourth-order valence-electron chi connectivity index (χ4n) is 2.66. The zero-order valence-corrected chi connectivity index (χ0v) is 15.8. The van der Waals surface area contributed by atoms with E-state index in [0.29, 0.717) is 23.5 Å². The second-order valence-electron chi connectivity index (χ2n) is 6.65. The van der Waals surface area contributed by atoms with E-state index in [1.54, 1.807) is 42.6 Å². The van der Waals surface area contributed by atoms with Gasteiger partial charge in [0.25, 0.3) is 5.91 Å². The van der Waals surface area contributed by atoms with E-state index in [1.165, 1.54) is 0 Å². The van der Waals surface area contributed by atoms with Crippen molar-refractivity contribution in [3.05, 3.63) is 78.1 Å². The van der Waals surface area contributed by atoms with Gasteiger partial charge in [0.05, 0.1) is 17.9 Å². The molecule has 0 radical (unpaired) electrons. The number of hydrogen-bond acceptors (Lipinski definition) is 3. The second-order valence-corrected chi connectivity index (χ2v) is 6.65. The van der Waals surface area contributed by atoms with Gasteiger partial charge in [-0.15, -0.1) is 0 Å². The summed E-state index contributed by atoms with van der Waals surface area (Å²) in [6, 6.07) is 16.0. The van der Waals surface area contributed by atoms with Gasteiger partial charge in [-0.3, -0.25) is 9.48 Å². The van der Waals surface area contributed by atoms with Gasteiger partial charge in [0.15, 0.2) is 0 Å². The predicted molar refractivity (Wildman–Crippen MR) is 109 cm³/mol. The summed E-state index contributed by atoms with van der Waals surface area (Å²) < 4.78 is 1.82. The summed E-state index contributed by atoms with van der Waals surface area (Å²) in [7, 11) is 0. The van der Waals surface area contributed by atoms with Crippen LogP contribution in [0.3, 0.4) is 0 Å². The van der Waals surface area contributed by atoms with Crippen LogP contribution in [0.4, 0.5) is 16.2 Å². The van der Waals surface area contributed by atoms with Crippen LogP contribution in [0.5, 0.6) is 0 Å². The summed E-state index contributed by atoms with van der Waals surface area (Å²) >= 11 is 0. The molecule has 2 aromatic carbocycles. The van der Waals surface area contributed by atoms with E-state index in [4.69, 9.17) is 0 Å². The van der Waals surface area contributed by atoms with Crippen molar-refractivity contribution >= 4 is 23.3 Å². The summed E-state index contributed by atoms with van der Waals surface area (Å²) in [5.41, 5.74) is 2.65. The van der Waals surface area contributed by atoms with Crippen LogP contribution in [-0.4, -0.2) is 27.8 Å². The Morgan fingerprint density at radius 3 is 2.25 bits per heavy atom. The van der Waals surface area contributed by atoms with E-state index in [2.05, 4.69) is 21.0 Å². The van der Waals surface area contributed by atoms with Crippen LogP contribution >= 0.6 is 0 Å². The molecule has 1 aromatic heterocycles. The predicted octanol–water partition coefficient (Wildman–Crippen LogP) is 3.71. The topological polar surface area (TPSA) is 88.0 Å². The van der Waals surface area contributed by atoms with Crippen molar-refractivity contribution in [2.75, 3.05) is 10.6 Å². The normalized spacial score (nSPS) is 10.5. The highest BCUT2D eigenvalue weighted by Gasteiger charge is 2.11. The molecule has 0 aliphatic heterocycles. The summed E-state index contributed by atoms with van der Waals surface area (Å²) in [6.07, 6.45) is 3.62. The van der Waals surface area contributed by atoms with Crippen molar-refractivity contribution in [1.29, 1.82) is 0 Å². The molecule has 0 atom stereocenters. The molecule has 3 rings (SSSR count). The molecule has 7 heteroatoms. The summed E-state index contributed by atoms with van der Waals surface area (Å²) in [5, 5.41) is 12.5. The molecule has 3 amide bonds. The number of rotatable bonds is 6. The van der Waals surface area contributed by atoms with Gasteiger partial charge in [-0.25, -0.2) is 4.79 Å². The van der Waals surface area contributed by atoms with Crippen molar-refractivity contribution in [2.45, 2.75) is 26.4 Å². The van der Waals surface area contributed by atoms with Crippen LogP contribution in [0.15, 0.2) is 67.0 Å². The largest absolute Gasteiger partial charge is 0.336 e. The monoisotopic (exact) mass is 377 g/mol. The van der Waals surface area contributed by atoms with E-state index >= 15 is 0 Å². The molecule has 28 heavy (non-hydrogen) atoms. The van der Waals surface area contributed by atoms with Gasteiger partial charge in [0.1, 0.15) is 0 Å². The zero-order valence-electron chi connectivity index (χ0n) is 15.8. The van der Waals surface area contributed by atoms with Gasteiger partial charge >= 0.3 is 6.03 Å². The van der Waals surface area contributed by atoms with Crippen LogP contribution < -0.4 is 16.0 Å². The number of urea groups is 1. The second kappa shape index (κ2) is 8.85. The fourth-order valence-corrected chi connectivity index (χ4v) is 2.66. The minimum atomic E-state index is -0.320. The van der Waals surface area contributed by atoms with E-state index < -0.39 is 0 Å². The Hall–Kier alpha value is -3.61. The molecule has 0 spiro atoms. The third-order valence-electron chi connectivity index (χ3n) is 3.96. The van der Waals surface area contributed by atoms with Crippen molar-refractivity contribution < 1.29 is 9.59 Å². The standard InChI is InChI=1S/C21H23N5O2/c1-15(2)23-21(28)25-19-7-4-3-6-18(19)24-20(27)17-10-8-16(9-11-17)14-26-13-5-12-22-26/h3-13,15H,14H2,1-2H3,(H,24,27)(H2,23,25,28). The van der Waals surface area contributed by atoms with Crippen LogP contribution in [-0.2, 0) is 6.54 Å². The SMILES string of the molecule is CC(C)NC(=O)Nc1ccccc1NC(=O)c1ccc(Cn2cccn2)cc1. The molecule has 0 aliphatic rings. The van der Waals surface area contributed by atoms with Crippen LogP contribution in [0.25, 0.3) is 0 Å². The first-order valence-electron chi connectivity index (χ1n) is 9.05. The molecule has 3 N–H and O–H groups in total. The van der Waals surface area contributed by atoms with E-state index in [1.807, 2.05) is 42.9 Å². The number of carbonyl (C=O) groups excluding carboxylic acids is 2. The maximum absolute atomic E-state index is 12.6. The molecule has 0 saturated heterocycles. The van der Waals surface area contributed by atoms with Crippen molar-refractivity contribution in [1.82, 2.24) is 15.1 Å². The molecule has 0 fully saturated rings. The van der Waals surface area contributed by atoms with Crippen LogP contribution in [0, 0.1) is 0 Å². The third kappa shape index (κ3) is 5.20. The zero-order chi connectivity index (χ0) is 19.9. The number of para-hydroxylation sites is 2. The summed E-state index contributed by atoms with van der Waals surface area (Å²) in [5.74, 6) is -0.246. The molecule has 0 unspecified atom stereocenters. The number of aromatic nitrogens is 2. The average Bonchev–Trinajstić information content (AvgIpc) is 3.16. The molecular formula is C21H23N5O2. The average molecular weight is 377 g/mol. The van der Waals surface area contributed by atoms with E-state index in [9.17, 15) is 9.59 Å². The number of amides is 3. The fraction of sp³-hybridized carbons (Fsp3) is 0.190. The molecule has 0 bridgehead atoms. The lowest BCUT2D eigenvalue weighted by molar-refractivity contribution is 0.102. The van der Waals surface area contributed by atoms with Gasteiger partial charge in [0.2, 0.25) is 0 Å². The Balaban J connectivity index is 1.66. The molecule has 1 heterocycles. The summed E-state index contributed by atoms with van der Waals surface area (Å²) in [6.45, 7) is 4.40. The van der Waals surface area contributed by atoms with Gasteiger partial charge in [-0.2, -0.15) is 5.10 Å². The number of anilines is 2. The first kappa shape index (κ1) is 19.2. The molecule has 7 nitrogen and oxygen atoms in total. The van der Waals surface area contributed by atoms with Crippen LogP contribution in [0.2, 0.25) is 0 Å². The van der Waals surface area contributed by atoms with Crippen molar-refractivity contribution in [3.8, 4) is 0 Å². The van der Waals surface area contributed by atoms with Gasteiger partial charge < -0.3 is 16.0 Å². The third-order valence-corrected chi connectivity index (χ3v) is 3.96. The molecule has 0 saturated carbocycles. The molecule has 144 valence electrons. The minimum Gasteiger partial charge on any atom is -0.336 e. The number of nitrogens with zero attached hydrogens (tertiary/aromatic N) is 2. The Morgan fingerprint density at radius 2 is 1.64 bits per heavy atom. The van der Waals surface area contributed by atoms with Crippen molar-refractivity contribution in [2.24, 2.45) is 0 Å². The Morgan fingerprint density at radius 1 is 0.964 bits per heavy atom. The van der Waals surface area contributed by atoms with Gasteiger partial charge in [-0.1, -0.05) is 24.3 Å². The highest BCUT2D eigenvalue weighted by Crippen LogP contribution is 2.22. The number of nitrogens with one attached hydrogen (secondary N) is 3. The number of hydrogen-bond donors (Lipinski definition) is 3. The Labute approximate surface area is 163 Å². The lowest BCUT2D eigenvalue weighted by Gasteiger charge is -2.14. The molecule has 0 aliphatic carbocycles. The quantitative estimate of drug-likeness (QED) is 0.612. The lowest BCUT2D eigenvalue weighted by atomic mass is 10.1. The molecular weight excluding hydrogens is 354 g/mol. The Bertz CT molecular complexity index is 934. The van der Waals surface area contributed by atoms with E-state index in [0.717, 1.165) is 5.56 Å². The number of carbonyl (C=O) groups is 2. The Kier molecular flexibility index (Phi) is 6.06. The lowest BCUT2D eigenvalue weighted by Crippen LogP contribution is -2.34. The highest BCUT2D eigenvalue weighted by atomic mass is 16.2. The maximum atomic E-state index is 12.6. The maximum Gasteiger partial charge on any atom is 0.319 e. The van der Waals surface area contributed by atoms with Gasteiger partial charge in [-0.05, 0) is 49.7 Å². The van der Waals surface area contributed by atoms with Gasteiger partial charge in [0, 0.05) is 24.0 Å². The summed E-state index contributed by atoms with van der Waals surface area (Å²) in [4.78, 5) is 24.6. The first-order valence-corrected chi connectivity index (χ1v) is 9.05. The van der Waals surface area contributed by atoms with E-state index in [-0.39, 0.29) is 18.0 Å². The smallest absolute Gasteiger partial charge is 0.319 e. The minimum absolute atomic E-state index is 0.0157. The van der Waals surface area contributed by atoms with Crippen LogP contribution in [0.1, 0.15) is 29.8 Å². The number of benzene rings is 2. The highest BCUT2D eigenvalue weighted by molar-refractivity contribution is 6.07. The first-order chi connectivity index (χ1) is 13.5. The van der Waals surface area contributed by atoms with Crippen molar-refractivity contribution in [3.63, 3.8) is 0 Å².